The Balaban J connectivity index is 6.46. The minimum atomic E-state index is -8.24. The average molecular weight is 612 g/mol. The van der Waals surface area contributed by atoms with Gasteiger partial charge in [-0.2, -0.15) is 61.4 Å². The van der Waals surface area contributed by atoms with E-state index in [9.17, 15) is 75.4 Å². The molecule has 0 aliphatic carbocycles. The summed E-state index contributed by atoms with van der Waals surface area (Å²) in [6, 6.07) is 0. The van der Waals surface area contributed by atoms with Crippen LogP contribution >= 0.6 is 0 Å². The maximum atomic E-state index is 14.4. The number of hydrogen-bond acceptors (Lipinski definition) is 4. The monoisotopic (exact) mass is 612 g/mol. The van der Waals surface area contributed by atoms with Crippen molar-refractivity contribution in [1.29, 1.82) is 0 Å². The second-order valence-electron chi connectivity index (χ2n) is 8.30. The first-order valence-electron chi connectivity index (χ1n) is 10.7. The van der Waals surface area contributed by atoms with Crippen LogP contribution in [0.15, 0.2) is 0 Å². The lowest BCUT2D eigenvalue weighted by Crippen LogP contribution is -2.72. The fraction of sp³-hybridized carbons (Fsp3) is 0.944. The van der Waals surface area contributed by atoms with Gasteiger partial charge in [0, 0.05) is 19.5 Å². The lowest BCUT2D eigenvalue weighted by Gasteiger charge is -2.40. The van der Waals surface area contributed by atoms with Crippen LogP contribution in [0.25, 0.3) is 0 Å². The van der Waals surface area contributed by atoms with E-state index in [-0.39, 0.29) is 24.1 Å². The topological polar surface area (TPSA) is 77.5 Å². The van der Waals surface area contributed by atoms with Crippen LogP contribution in [0.2, 0.25) is 0 Å². The number of aliphatic carboxylic acids is 1. The van der Waals surface area contributed by atoms with Crippen LogP contribution < -0.4 is 5.11 Å². The quantitative estimate of drug-likeness (QED) is 0.197. The fourth-order valence-electron chi connectivity index (χ4n) is 3.38. The van der Waals surface area contributed by atoms with Gasteiger partial charge in [0.25, 0.3) is 10.0 Å². The summed E-state index contributed by atoms with van der Waals surface area (Å²) >= 11 is 0. The lowest BCUT2D eigenvalue weighted by molar-refractivity contribution is -0.919. The Labute approximate surface area is 209 Å². The molecule has 0 atom stereocenters. The van der Waals surface area contributed by atoms with Gasteiger partial charge in [-0.3, -0.25) is 0 Å². The largest absolute Gasteiger partial charge is 0.544 e. The summed E-state index contributed by atoms with van der Waals surface area (Å²) in [5.74, 6) is -34.0. The normalized spacial score (nSPS) is 15.3. The summed E-state index contributed by atoms with van der Waals surface area (Å²) in [4.78, 5) is 11.0. The van der Waals surface area contributed by atoms with Crippen LogP contribution in [0.4, 0.5) is 57.1 Å². The molecule has 0 saturated carbocycles. The van der Waals surface area contributed by atoms with Gasteiger partial charge < -0.3 is 14.4 Å². The van der Waals surface area contributed by atoms with Crippen LogP contribution in [-0.2, 0) is 14.8 Å². The predicted molar refractivity (Wildman–Crippen MR) is 102 cm³/mol. The first-order valence-corrected chi connectivity index (χ1v) is 12.1. The highest BCUT2D eigenvalue weighted by atomic mass is 32.2. The first kappa shape index (κ1) is 36.4. The number of quaternary nitrogens is 1. The molecule has 0 aromatic heterocycles. The van der Waals surface area contributed by atoms with Gasteiger partial charge in [-0.1, -0.05) is 6.92 Å². The molecule has 0 saturated heterocycles. The Morgan fingerprint density at radius 1 is 0.737 bits per heavy atom. The number of nitrogens with zero attached hydrogens (tertiary/aromatic N) is 2. The summed E-state index contributed by atoms with van der Waals surface area (Å²) in [7, 11) is -7.12. The number of carbonyl (C=O) groups is 1. The molecule has 0 fully saturated rings. The molecule has 228 valence electrons. The molecule has 0 rings (SSSR count). The van der Waals surface area contributed by atoms with Gasteiger partial charge in [-0.05, 0) is 20.3 Å². The zero-order chi connectivity index (χ0) is 30.8. The van der Waals surface area contributed by atoms with Gasteiger partial charge in [0.05, 0.1) is 25.6 Å². The third kappa shape index (κ3) is 6.10. The molecule has 20 heteroatoms. The molecule has 0 aliphatic rings. The summed E-state index contributed by atoms with van der Waals surface area (Å²) < 4.78 is 198. The zero-order valence-corrected chi connectivity index (χ0v) is 20.8. The number of sulfonamides is 1. The Kier molecular flexibility index (Phi) is 11.0. The van der Waals surface area contributed by atoms with Gasteiger partial charge >= 0.3 is 35.1 Å². The van der Waals surface area contributed by atoms with E-state index in [0.717, 1.165) is 6.92 Å². The van der Waals surface area contributed by atoms with Crippen molar-refractivity contribution in [3.63, 3.8) is 0 Å². The van der Waals surface area contributed by atoms with Crippen LogP contribution in [0.1, 0.15) is 33.6 Å². The third-order valence-electron chi connectivity index (χ3n) is 5.89. The highest BCUT2D eigenvalue weighted by molar-refractivity contribution is 7.90. The number of carbonyl (C=O) groups excluding carboxylic acids is 1. The Morgan fingerprint density at radius 3 is 1.50 bits per heavy atom. The number of carboxylic acid groups (broad SMARTS) is 1. The molecule has 0 N–H and O–H groups in total. The second-order valence-corrected chi connectivity index (χ2v) is 10.3. The van der Waals surface area contributed by atoms with Crippen LogP contribution in [-0.4, -0.2) is 97.6 Å². The number of hydrogen-bond donors (Lipinski definition) is 0. The molecule has 0 radical (unpaired) electrons. The van der Waals surface area contributed by atoms with Crippen molar-refractivity contribution < 1.29 is 79.9 Å². The number of alkyl halides is 13. The van der Waals surface area contributed by atoms with E-state index in [1.807, 2.05) is 0 Å². The SMILES string of the molecule is CCCN(CCC[N+](CC)(CC)CC(=O)[O-])S(=O)(=O)C(F)(F)C(F)(F)C(F)(F)C(F)(F)C(F)(F)C(F)(F)F. The fourth-order valence-corrected chi connectivity index (χ4v) is 4.95. The van der Waals surface area contributed by atoms with E-state index in [0.29, 0.717) is 0 Å². The number of likely N-dealkylation sites (N-methyl/N-ethyl adjacent to an activating group) is 1. The van der Waals surface area contributed by atoms with Crippen LogP contribution in [0.5, 0.6) is 0 Å². The summed E-state index contributed by atoms with van der Waals surface area (Å²) in [5, 5.41) is 3.66. The van der Waals surface area contributed by atoms with Gasteiger partial charge in [0.15, 0.2) is 0 Å². The minimum absolute atomic E-state index is 0.0635. The van der Waals surface area contributed by atoms with Crippen molar-refractivity contribution in [2.75, 3.05) is 39.3 Å². The smallest absolute Gasteiger partial charge is 0.460 e. The molecular weight excluding hydrogens is 587 g/mol. The molecule has 0 amide bonds. The standard InChI is InChI=1S/C18H25F13N2O4S/c1-4-8-32(9-7-10-33(5-2,6-3)11-12(34)35)38(36,37)18(30,31)16(25,26)14(21,22)13(19,20)15(23,24)17(27,28)29/h4-11H2,1-3H3. The van der Waals surface area contributed by atoms with E-state index < -0.39 is 87.9 Å². The van der Waals surface area contributed by atoms with E-state index in [1.165, 1.54) is 13.8 Å². The molecule has 38 heavy (non-hydrogen) atoms. The molecule has 6 nitrogen and oxygen atoms in total. The predicted octanol–water partition coefficient (Wildman–Crippen LogP) is 3.72. The molecule has 0 aliphatic heterocycles. The van der Waals surface area contributed by atoms with Crippen molar-refractivity contribution in [3.05, 3.63) is 0 Å². The second kappa shape index (κ2) is 11.5. The van der Waals surface area contributed by atoms with Gasteiger partial charge in [-0.15, -0.1) is 0 Å². The maximum absolute atomic E-state index is 14.4. The number of halogens is 13. The molecule has 0 bridgehead atoms. The Hall–Kier alpha value is -1.57. The third-order valence-corrected chi connectivity index (χ3v) is 7.84. The van der Waals surface area contributed by atoms with Crippen molar-refractivity contribution in [2.24, 2.45) is 0 Å². The Morgan fingerprint density at radius 2 is 1.16 bits per heavy atom. The number of rotatable bonds is 16. The van der Waals surface area contributed by atoms with Crippen molar-refractivity contribution in [3.8, 4) is 0 Å². The van der Waals surface area contributed by atoms with E-state index in [1.54, 1.807) is 0 Å². The van der Waals surface area contributed by atoms with Crippen LogP contribution in [0, 0.1) is 0 Å². The van der Waals surface area contributed by atoms with Gasteiger partial charge in [0.2, 0.25) is 0 Å². The Bertz CT molecular complexity index is 920. The molecule has 0 aromatic rings. The van der Waals surface area contributed by atoms with Crippen molar-refractivity contribution in [2.45, 2.75) is 68.7 Å². The van der Waals surface area contributed by atoms with Crippen LogP contribution in [0.3, 0.4) is 0 Å². The lowest BCUT2D eigenvalue weighted by atomic mass is 9.98. The number of carboxylic acids is 1. The summed E-state index contributed by atoms with van der Waals surface area (Å²) in [6.07, 6.45) is -8.65. The van der Waals surface area contributed by atoms with Gasteiger partial charge in [-0.25, -0.2) is 8.42 Å². The van der Waals surface area contributed by atoms with Gasteiger partial charge in [0.1, 0.15) is 6.54 Å². The van der Waals surface area contributed by atoms with Crippen molar-refractivity contribution in [1.82, 2.24) is 4.31 Å². The molecule has 0 spiro atoms. The minimum Gasteiger partial charge on any atom is -0.544 e. The summed E-state index contributed by atoms with van der Waals surface area (Å²) in [5.41, 5.74) is 0. The highest BCUT2D eigenvalue weighted by Gasteiger charge is 2.92. The molecule has 0 heterocycles. The molecule has 0 aromatic carbocycles. The zero-order valence-electron chi connectivity index (χ0n) is 20.0. The van der Waals surface area contributed by atoms with E-state index >= 15 is 0 Å². The molecule has 0 unspecified atom stereocenters. The maximum Gasteiger partial charge on any atom is 0.460 e. The molecular formula is C18H25F13N2O4S. The first-order chi connectivity index (χ1) is 16.7. The van der Waals surface area contributed by atoms with Crippen molar-refractivity contribution >= 4 is 16.0 Å². The van der Waals surface area contributed by atoms with E-state index in [2.05, 4.69) is 0 Å². The highest BCUT2D eigenvalue weighted by Crippen LogP contribution is 2.61. The van der Waals surface area contributed by atoms with E-state index in [4.69, 9.17) is 0 Å². The average Bonchev–Trinajstić information content (AvgIpc) is 2.75. The summed E-state index contributed by atoms with van der Waals surface area (Å²) in [6.45, 7) is 0.882.